The summed E-state index contributed by atoms with van der Waals surface area (Å²) in [6.45, 7) is 0. The molecule has 48 heavy (non-hydrogen) atoms. The van der Waals surface area contributed by atoms with Crippen molar-refractivity contribution in [1.82, 2.24) is 9.97 Å². The van der Waals surface area contributed by atoms with E-state index in [1.54, 1.807) is 0 Å². The number of benzene rings is 6. The lowest BCUT2D eigenvalue weighted by molar-refractivity contribution is 1.30. The molecule has 0 aliphatic rings. The number of aromatic nitrogens is 2. The summed E-state index contributed by atoms with van der Waals surface area (Å²) in [6.07, 6.45) is 3.71. The summed E-state index contributed by atoms with van der Waals surface area (Å²) in [5, 5.41) is 4.48. The van der Waals surface area contributed by atoms with Gasteiger partial charge in [-0.25, -0.2) is 9.97 Å². The van der Waals surface area contributed by atoms with E-state index >= 15 is 0 Å². The Balaban J connectivity index is 1.28. The van der Waals surface area contributed by atoms with Crippen molar-refractivity contribution < 1.29 is 0 Å². The molecule has 0 bridgehead atoms. The van der Waals surface area contributed by atoms with Crippen molar-refractivity contribution in [2.45, 2.75) is 0 Å². The largest absolute Gasteiger partial charge is 0.254 e. The first kappa shape index (κ1) is 28.9. The Bertz CT molecular complexity index is 2270. The smallest absolute Gasteiger partial charge is 0.0820 e. The molecule has 0 aliphatic carbocycles. The third kappa shape index (κ3) is 5.91. The van der Waals surface area contributed by atoms with Crippen molar-refractivity contribution in [3.05, 3.63) is 181 Å². The quantitative estimate of drug-likeness (QED) is 0.168. The predicted octanol–water partition coefficient (Wildman–Crippen LogP) is 11.3. The Kier molecular flexibility index (Phi) is 7.87. The van der Waals surface area contributed by atoms with Crippen LogP contribution < -0.4 is 0 Å². The molecule has 0 fully saturated rings. The molecule has 0 aliphatic heterocycles. The van der Waals surface area contributed by atoms with Gasteiger partial charge in [0, 0.05) is 22.3 Å². The van der Waals surface area contributed by atoms with Gasteiger partial charge in [0.1, 0.15) is 0 Å². The number of aliphatic imine (C=N–C) groups is 2. The molecule has 4 heteroatoms. The second-order valence-electron chi connectivity index (χ2n) is 11.5. The van der Waals surface area contributed by atoms with Crippen LogP contribution in [0.3, 0.4) is 0 Å². The summed E-state index contributed by atoms with van der Waals surface area (Å²) in [5.74, 6) is 0. The van der Waals surface area contributed by atoms with E-state index in [0.717, 1.165) is 77.9 Å². The minimum Gasteiger partial charge on any atom is -0.254 e. The SMILES string of the molecule is C(=Nc1ccc2ccccc2c1-c1c(N=Cc2cccc(-c3ccccc3)n2)ccc2ccccc12)c1cccc(-c2ccccc2)n1. The molecule has 0 saturated carbocycles. The first-order valence-corrected chi connectivity index (χ1v) is 16.0. The number of nitrogens with zero attached hydrogens (tertiary/aromatic N) is 4. The lowest BCUT2D eigenvalue weighted by Crippen LogP contribution is -1.92. The van der Waals surface area contributed by atoms with E-state index in [-0.39, 0.29) is 0 Å². The first-order chi connectivity index (χ1) is 23.8. The van der Waals surface area contributed by atoms with Gasteiger partial charge >= 0.3 is 0 Å². The van der Waals surface area contributed by atoms with Crippen molar-refractivity contribution >= 4 is 45.3 Å². The molecule has 226 valence electrons. The van der Waals surface area contributed by atoms with Crippen LogP contribution >= 0.6 is 0 Å². The van der Waals surface area contributed by atoms with E-state index in [1.807, 2.05) is 85.2 Å². The zero-order valence-electron chi connectivity index (χ0n) is 26.1. The minimum atomic E-state index is 0.788. The normalized spacial score (nSPS) is 11.6. The summed E-state index contributed by atoms with van der Waals surface area (Å²) in [5.41, 5.74) is 9.28. The van der Waals surface area contributed by atoms with Gasteiger partial charge < -0.3 is 0 Å². The average Bonchev–Trinajstić information content (AvgIpc) is 3.17. The second kappa shape index (κ2) is 13.1. The lowest BCUT2D eigenvalue weighted by atomic mass is 9.91. The average molecular weight is 615 g/mol. The number of rotatable bonds is 7. The molecule has 8 rings (SSSR count). The third-order valence-corrected chi connectivity index (χ3v) is 8.42. The first-order valence-electron chi connectivity index (χ1n) is 16.0. The molecule has 0 atom stereocenters. The molecule has 8 aromatic rings. The van der Waals surface area contributed by atoms with Crippen LogP contribution in [0, 0.1) is 0 Å². The van der Waals surface area contributed by atoms with Gasteiger partial charge in [0.05, 0.1) is 46.6 Å². The van der Waals surface area contributed by atoms with Crippen molar-refractivity contribution in [1.29, 1.82) is 0 Å². The van der Waals surface area contributed by atoms with Crippen molar-refractivity contribution in [3.63, 3.8) is 0 Å². The molecule has 2 aromatic heterocycles. The van der Waals surface area contributed by atoms with Crippen LogP contribution in [0.4, 0.5) is 11.4 Å². The molecule has 2 heterocycles. The van der Waals surface area contributed by atoms with Crippen LogP contribution in [-0.4, -0.2) is 22.4 Å². The highest BCUT2D eigenvalue weighted by molar-refractivity contribution is 6.13. The maximum Gasteiger partial charge on any atom is 0.0820 e. The molecule has 6 aromatic carbocycles. The predicted molar refractivity (Wildman–Crippen MR) is 201 cm³/mol. The minimum absolute atomic E-state index is 0.788. The Morgan fingerprint density at radius 1 is 0.354 bits per heavy atom. The molecular formula is C44H30N4. The van der Waals surface area contributed by atoms with Crippen molar-refractivity contribution in [3.8, 4) is 33.6 Å². The Labute approximate surface area is 279 Å². The summed E-state index contributed by atoms with van der Waals surface area (Å²) in [6, 6.07) is 57.9. The highest BCUT2D eigenvalue weighted by Crippen LogP contribution is 2.45. The fraction of sp³-hybridized carbons (Fsp3) is 0. The highest BCUT2D eigenvalue weighted by atomic mass is 14.8. The van der Waals surface area contributed by atoms with Gasteiger partial charge in [-0.3, -0.25) is 9.98 Å². The van der Waals surface area contributed by atoms with E-state index in [1.165, 1.54) is 0 Å². The maximum atomic E-state index is 5.10. The van der Waals surface area contributed by atoms with Gasteiger partial charge in [-0.2, -0.15) is 0 Å². The van der Waals surface area contributed by atoms with E-state index in [0.29, 0.717) is 0 Å². The molecule has 0 saturated heterocycles. The Morgan fingerprint density at radius 3 is 1.23 bits per heavy atom. The molecule has 4 nitrogen and oxygen atoms in total. The van der Waals surface area contributed by atoms with Crippen molar-refractivity contribution in [2.75, 3.05) is 0 Å². The van der Waals surface area contributed by atoms with Crippen LogP contribution in [-0.2, 0) is 0 Å². The highest BCUT2D eigenvalue weighted by Gasteiger charge is 2.17. The van der Waals surface area contributed by atoms with Gasteiger partial charge in [-0.05, 0) is 57.9 Å². The fourth-order valence-electron chi connectivity index (χ4n) is 6.12. The summed E-state index contributed by atoms with van der Waals surface area (Å²) in [7, 11) is 0. The molecule has 0 radical (unpaired) electrons. The van der Waals surface area contributed by atoms with Crippen LogP contribution in [0.5, 0.6) is 0 Å². The Morgan fingerprint density at radius 2 is 0.771 bits per heavy atom. The fourth-order valence-corrected chi connectivity index (χ4v) is 6.12. The standard InChI is InChI=1S/C44H30N4/c1-3-15-33(16-4-1)39-23-11-19-35(47-39)29-45-41-27-25-31-13-7-9-21-37(31)43(41)44-38-22-10-8-14-32(38)26-28-42(44)46-30-36-20-12-24-40(48-36)34-17-5-2-6-18-34/h1-30H. The monoisotopic (exact) mass is 614 g/mol. The van der Waals surface area contributed by atoms with E-state index < -0.39 is 0 Å². The second-order valence-corrected chi connectivity index (χ2v) is 11.5. The van der Waals surface area contributed by atoms with Gasteiger partial charge in [-0.1, -0.05) is 133 Å². The van der Waals surface area contributed by atoms with Gasteiger partial charge in [0.2, 0.25) is 0 Å². The van der Waals surface area contributed by atoms with E-state index in [2.05, 4.69) is 97.1 Å². The topological polar surface area (TPSA) is 50.5 Å². The van der Waals surface area contributed by atoms with Crippen LogP contribution in [0.1, 0.15) is 11.4 Å². The lowest BCUT2D eigenvalue weighted by Gasteiger charge is -2.16. The summed E-state index contributed by atoms with van der Waals surface area (Å²) < 4.78 is 0. The molecule has 0 N–H and O–H groups in total. The number of hydrogen-bond donors (Lipinski definition) is 0. The molecule has 0 unspecified atom stereocenters. The van der Waals surface area contributed by atoms with E-state index in [9.17, 15) is 0 Å². The van der Waals surface area contributed by atoms with Crippen molar-refractivity contribution in [2.24, 2.45) is 9.98 Å². The molecular weight excluding hydrogens is 585 g/mol. The van der Waals surface area contributed by atoms with Crippen LogP contribution in [0.25, 0.3) is 55.2 Å². The number of fused-ring (bicyclic) bond motifs is 2. The van der Waals surface area contributed by atoms with E-state index in [4.69, 9.17) is 20.0 Å². The number of pyridine rings is 2. The van der Waals surface area contributed by atoms with Gasteiger partial charge in [0.15, 0.2) is 0 Å². The maximum absolute atomic E-state index is 5.10. The third-order valence-electron chi connectivity index (χ3n) is 8.42. The summed E-state index contributed by atoms with van der Waals surface area (Å²) >= 11 is 0. The zero-order chi connectivity index (χ0) is 32.1. The van der Waals surface area contributed by atoms with Crippen LogP contribution in [0.2, 0.25) is 0 Å². The van der Waals surface area contributed by atoms with Gasteiger partial charge in [-0.15, -0.1) is 0 Å². The molecule has 0 spiro atoms. The summed E-state index contributed by atoms with van der Waals surface area (Å²) in [4.78, 5) is 20.0. The number of hydrogen-bond acceptors (Lipinski definition) is 4. The van der Waals surface area contributed by atoms with Crippen LogP contribution in [0.15, 0.2) is 180 Å². The zero-order valence-corrected chi connectivity index (χ0v) is 26.1. The molecule has 0 amide bonds. The van der Waals surface area contributed by atoms with Gasteiger partial charge in [0.25, 0.3) is 0 Å². The Hall–Kier alpha value is -6.52.